The fraction of sp³-hybridized carbons (Fsp3) is 0.348. The molecule has 3 amide bonds. The van der Waals surface area contributed by atoms with Crippen molar-refractivity contribution < 1.29 is 19.1 Å². The molecule has 8 heteroatoms. The molecule has 2 rings (SSSR count). The molecule has 0 unspecified atom stereocenters. The van der Waals surface area contributed by atoms with Crippen molar-refractivity contribution in [1.29, 1.82) is 0 Å². The summed E-state index contributed by atoms with van der Waals surface area (Å²) >= 11 is 1.30. The number of hydrogen-bond donors (Lipinski definition) is 3. The van der Waals surface area contributed by atoms with Gasteiger partial charge in [0.05, 0.1) is 17.9 Å². The Kier molecular flexibility index (Phi) is 9.08. The number of hydrogen-bond acceptors (Lipinski definition) is 5. The molecule has 2 aromatic rings. The molecular formula is C23H29N3O4S. The van der Waals surface area contributed by atoms with Gasteiger partial charge in [-0.1, -0.05) is 12.1 Å². The molecule has 0 aromatic heterocycles. The van der Waals surface area contributed by atoms with Crippen LogP contribution in [0.3, 0.4) is 0 Å². The summed E-state index contributed by atoms with van der Waals surface area (Å²) in [5.41, 5.74) is 1.25. The highest BCUT2D eigenvalue weighted by Gasteiger charge is 2.16. The van der Waals surface area contributed by atoms with Crippen molar-refractivity contribution in [2.45, 2.75) is 31.2 Å². The number of thioether (sulfide) groups is 1. The quantitative estimate of drug-likeness (QED) is 0.408. The molecule has 0 aliphatic rings. The van der Waals surface area contributed by atoms with E-state index >= 15 is 0 Å². The van der Waals surface area contributed by atoms with Gasteiger partial charge in [0, 0.05) is 35.3 Å². The van der Waals surface area contributed by atoms with Crippen molar-refractivity contribution in [2.75, 3.05) is 31.3 Å². The zero-order valence-corrected chi connectivity index (χ0v) is 19.1. The summed E-state index contributed by atoms with van der Waals surface area (Å²) in [6.45, 7) is 6.64. The largest absolute Gasteiger partial charge is 0.383 e. The van der Waals surface area contributed by atoms with Crippen molar-refractivity contribution >= 4 is 35.2 Å². The van der Waals surface area contributed by atoms with Crippen LogP contribution in [0.4, 0.5) is 5.69 Å². The zero-order chi connectivity index (χ0) is 22.9. The Hall–Kier alpha value is -2.84. The first-order valence-electron chi connectivity index (χ1n) is 9.91. The number of nitrogens with one attached hydrogen (secondary N) is 3. The second kappa shape index (κ2) is 11.5. The summed E-state index contributed by atoms with van der Waals surface area (Å²) in [5, 5.41) is 8.49. The van der Waals surface area contributed by atoms with E-state index in [0.29, 0.717) is 34.9 Å². The van der Waals surface area contributed by atoms with Gasteiger partial charge in [0.2, 0.25) is 5.91 Å². The molecule has 0 radical (unpaired) electrons. The first kappa shape index (κ1) is 24.4. The van der Waals surface area contributed by atoms with Crippen molar-refractivity contribution in [1.82, 2.24) is 10.6 Å². The number of carbonyl (C=O) groups excluding carboxylic acids is 3. The Labute approximate surface area is 187 Å². The van der Waals surface area contributed by atoms with E-state index in [9.17, 15) is 14.4 Å². The van der Waals surface area contributed by atoms with Crippen LogP contribution in [0.2, 0.25) is 0 Å². The molecule has 7 nitrogen and oxygen atoms in total. The molecule has 0 aliphatic carbocycles. The first-order valence-corrected chi connectivity index (χ1v) is 10.9. The molecule has 0 heterocycles. The average molecular weight is 444 g/mol. The lowest BCUT2D eigenvalue weighted by Gasteiger charge is -2.20. The van der Waals surface area contributed by atoms with Crippen molar-refractivity contribution in [3.8, 4) is 0 Å². The van der Waals surface area contributed by atoms with Gasteiger partial charge in [-0.2, -0.15) is 0 Å². The fourth-order valence-electron chi connectivity index (χ4n) is 2.58. The molecule has 0 aliphatic heterocycles. The maximum Gasteiger partial charge on any atom is 0.256 e. The Morgan fingerprint density at radius 2 is 1.65 bits per heavy atom. The Balaban J connectivity index is 1.99. The van der Waals surface area contributed by atoms with Gasteiger partial charge in [0.1, 0.15) is 0 Å². The van der Waals surface area contributed by atoms with E-state index in [0.717, 1.165) is 0 Å². The summed E-state index contributed by atoms with van der Waals surface area (Å²) in [5.74, 6) is -0.377. The SMILES string of the molecule is COCCNC(=O)CSc1ccccc1C(=O)Nc1ccc(C(=O)NC(C)(C)C)cc1. The standard InChI is InChI=1S/C23H29N3O4S/c1-23(2,3)26-21(28)16-9-11-17(12-10-16)25-22(29)18-7-5-6-8-19(18)31-15-20(27)24-13-14-30-4/h5-12H,13-15H2,1-4H3,(H,24,27)(H,25,29)(H,26,28). The van der Waals surface area contributed by atoms with Gasteiger partial charge in [-0.3, -0.25) is 14.4 Å². The molecule has 0 fully saturated rings. The minimum atomic E-state index is -0.327. The Morgan fingerprint density at radius 1 is 0.968 bits per heavy atom. The molecule has 3 N–H and O–H groups in total. The second-order valence-electron chi connectivity index (χ2n) is 7.86. The third-order valence-corrected chi connectivity index (χ3v) is 5.09. The van der Waals surface area contributed by atoms with Crippen LogP contribution in [0, 0.1) is 0 Å². The summed E-state index contributed by atoms with van der Waals surface area (Å²) in [7, 11) is 1.57. The smallest absolute Gasteiger partial charge is 0.256 e. The van der Waals surface area contributed by atoms with Crippen LogP contribution in [0.25, 0.3) is 0 Å². The van der Waals surface area contributed by atoms with E-state index in [-0.39, 0.29) is 29.0 Å². The molecule has 0 bridgehead atoms. The van der Waals surface area contributed by atoms with E-state index in [2.05, 4.69) is 16.0 Å². The Bertz CT molecular complexity index is 908. The molecule has 0 saturated heterocycles. The van der Waals surface area contributed by atoms with Crippen LogP contribution in [0.15, 0.2) is 53.4 Å². The van der Waals surface area contributed by atoms with Gasteiger partial charge in [0.15, 0.2) is 0 Å². The van der Waals surface area contributed by atoms with E-state index in [4.69, 9.17) is 4.74 Å². The summed E-state index contributed by atoms with van der Waals surface area (Å²) in [6, 6.07) is 13.8. The minimum absolute atomic E-state index is 0.124. The summed E-state index contributed by atoms with van der Waals surface area (Å²) < 4.78 is 4.91. The highest BCUT2D eigenvalue weighted by Crippen LogP contribution is 2.23. The number of carbonyl (C=O) groups is 3. The summed E-state index contributed by atoms with van der Waals surface area (Å²) in [4.78, 5) is 37.6. The normalized spacial score (nSPS) is 11.0. The minimum Gasteiger partial charge on any atom is -0.383 e. The van der Waals surface area contributed by atoms with Crippen molar-refractivity contribution in [2.24, 2.45) is 0 Å². The lowest BCUT2D eigenvalue weighted by Crippen LogP contribution is -2.40. The maximum atomic E-state index is 12.8. The van der Waals surface area contributed by atoms with E-state index in [1.54, 1.807) is 43.5 Å². The van der Waals surface area contributed by atoms with Gasteiger partial charge in [0.25, 0.3) is 11.8 Å². The number of anilines is 1. The van der Waals surface area contributed by atoms with Crippen molar-refractivity contribution in [3.63, 3.8) is 0 Å². The maximum absolute atomic E-state index is 12.8. The predicted octanol–water partition coefficient (Wildman–Crippen LogP) is 3.32. The zero-order valence-electron chi connectivity index (χ0n) is 18.3. The van der Waals surface area contributed by atoms with Gasteiger partial charge in [-0.05, 0) is 57.2 Å². The topological polar surface area (TPSA) is 96.5 Å². The highest BCUT2D eigenvalue weighted by atomic mass is 32.2. The van der Waals surface area contributed by atoms with Gasteiger partial charge >= 0.3 is 0 Å². The average Bonchev–Trinajstić information content (AvgIpc) is 2.72. The molecule has 31 heavy (non-hydrogen) atoms. The molecule has 0 spiro atoms. The van der Waals surface area contributed by atoms with Gasteiger partial charge in [-0.25, -0.2) is 0 Å². The lowest BCUT2D eigenvalue weighted by atomic mass is 10.1. The number of benzene rings is 2. The van der Waals surface area contributed by atoms with Gasteiger partial charge < -0.3 is 20.7 Å². The Morgan fingerprint density at radius 3 is 2.29 bits per heavy atom. The third kappa shape index (κ3) is 8.43. The first-order chi connectivity index (χ1) is 14.7. The van der Waals surface area contributed by atoms with Crippen LogP contribution in [0.5, 0.6) is 0 Å². The van der Waals surface area contributed by atoms with Crippen LogP contribution < -0.4 is 16.0 Å². The number of rotatable bonds is 9. The molecule has 166 valence electrons. The third-order valence-electron chi connectivity index (χ3n) is 4.01. The van der Waals surface area contributed by atoms with E-state index in [1.807, 2.05) is 32.9 Å². The predicted molar refractivity (Wildman–Crippen MR) is 124 cm³/mol. The van der Waals surface area contributed by atoms with E-state index < -0.39 is 0 Å². The summed E-state index contributed by atoms with van der Waals surface area (Å²) in [6.07, 6.45) is 0. The number of methoxy groups -OCH3 is 1. The van der Waals surface area contributed by atoms with Crippen LogP contribution in [-0.4, -0.2) is 49.3 Å². The van der Waals surface area contributed by atoms with Gasteiger partial charge in [-0.15, -0.1) is 11.8 Å². The molecular weight excluding hydrogens is 414 g/mol. The highest BCUT2D eigenvalue weighted by molar-refractivity contribution is 8.00. The monoisotopic (exact) mass is 443 g/mol. The second-order valence-corrected chi connectivity index (χ2v) is 8.88. The number of amides is 3. The van der Waals surface area contributed by atoms with Crippen LogP contribution >= 0.6 is 11.8 Å². The van der Waals surface area contributed by atoms with Crippen molar-refractivity contribution in [3.05, 3.63) is 59.7 Å². The molecule has 0 atom stereocenters. The fourth-order valence-corrected chi connectivity index (χ4v) is 3.46. The van der Waals surface area contributed by atoms with Crippen LogP contribution in [-0.2, 0) is 9.53 Å². The van der Waals surface area contributed by atoms with Crippen LogP contribution in [0.1, 0.15) is 41.5 Å². The van der Waals surface area contributed by atoms with E-state index in [1.165, 1.54) is 11.8 Å². The molecule has 2 aromatic carbocycles. The lowest BCUT2D eigenvalue weighted by molar-refractivity contribution is -0.118. The molecule has 0 saturated carbocycles. The number of ether oxygens (including phenoxy) is 1.